The van der Waals surface area contributed by atoms with E-state index in [-0.39, 0.29) is 42.3 Å². The van der Waals surface area contributed by atoms with Crippen molar-refractivity contribution in [3.05, 3.63) is 22.2 Å². The third kappa shape index (κ3) is 7.59. The van der Waals surface area contributed by atoms with Gasteiger partial charge in [0.25, 0.3) is 11.8 Å². The van der Waals surface area contributed by atoms with Crippen LogP contribution in [0.2, 0.25) is 0 Å². The number of aromatic nitrogens is 1. The molecule has 1 aromatic heterocycles. The van der Waals surface area contributed by atoms with E-state index in [9.17, 15) is 19.5 Å². The first kappa shape index (κ1) is 32.1. The number of carbonyl (C=O) groups is 3. The highest BCUT2D eigenvalue weighted by atomic mass is 32.1. The Morgan fingerprint density at radius 1 is 1.26 bits per heavy atom. The Bertz CT molecular complexity index is 1200. The largest absolute Gasteiger partial charge is 0.396 e. The number of terminal acetylenes is 1. The fourth-order valence-electron chi connectivity index (χ4n) is 6.01. The average molecular weight is 600 g/mol. The summed E-state index contributed by atoms with van der Waals surface area (Å²) in [5.74, 6) is 1.93. The van der Waals surface area contributed by atoms with E-state index in [1.54, 1.807) is 16.4 Å². The maximum atomic E-state index is 14.2. The number of piperazine rings is 1. The summed E-state index contributed by atoms with van der Waals surface area (Å²) >= 11 is 1.34. The molecule has 4 heterocycles. The summed E-state index contributed by atoms with van der Waals surface area (Å²) in [4.78, 5) is 58.2. The Morgan fingerprint density at radius 3 is 2.67 bits per heavy atom. The molecule has 230 valence electrons. The predicted molar refractivity (Wildman–Crippen MR) is 162 cm³/mol. The molecule has 4 rings (SSSR count). The van der Waals surface area contributed by atoms with Gasteiger partial charge in [0, 0.05) is 37.2 Å². The average Bonchev–Trinajstić information content (AvgIpc) is 3.59. The van der Waals surface area contributed by atoms with Gasteiger partial charge in [-0.3, -0.25) is 19.2 Å². The molecule has 0 radical (unpaired) electrons. The molecular weight excluding hydrogens is 554 g/mol. The van der Waals surface area contributed by atoms with Crippen LogP contribution in [0, 0.1) is 23.7 Å². The van der Waals surface area contributed by atoms with Gasteiger partial charge in [0.1, 0.15) is 16.7 Å². The van der Waals surface area contributed by atoms with E-state index in [1.165, 1.54) is 22.5 Å². The van der Waals surface area contributed by atoms with Crippen LogP contribution < -0.4 is 0 Å². The van der Waals surface area contributed by atoms with Crippen molar-refractivity contribution in [2.24, 2.45) is 11.3 Å². The van der Waals surface area contributed by atoms with Crippen molar-refractivity contribution < 1.29 is 24.3 Å². The summed E-state index contributed by atoms with van der Waals surface area (Å²) in [6.45, 7) is 13.0. The van der Waals surface area contributed by atoms with Crippen molar-refractivity contribution in [2.45, 2.75) is 91.1 Å². The first-order chi connectivity index (χ1) is 19.9. The van der Waals surface area contributed by atoms with Crippen molar-refractivity contribution in [1.29, 1.82) is 0 Å². The van der Waals surface area contributed by atoms with Crippen LogP contribution in [0.15, 0.2) is 11.5 Å². The first-order valence-corrected chi connectivity index (χ1v) is 15.9. The fourth-order valence-corrected chi connectivity index (χ4v) is 6.66. The maximum Gasteiger partial charge on any atom is 0.272 e. The summed E-state index contributed by atoms with van der Waals surface area (Å²) in [6.07, 6.45) is 10.2. The van der Waals surface area contributed by atoms with Crippen molar-refractivity contribution in [2.75, 3.05) is 32.8 Å². The van der Waals surface area contributed by atoms with Crippen LogP contribution in [0.3, 0.4) is 0 Å². The van der Waals surface area contributed by atoms with E-state index in [4.69, 9.17) is 11.3 Å². The van der Waals surface area contributed by atoms with Crippen molar-refractivity contribution in [3.8, 4) is 12.3 Å². The second kappa shape index (κ2) is 13.7. The van der Waals surface area contributed by atoms with E-state index in [0.29, 0.717) is 23.5 Å². The number of thiazole rings is 1. The number of aliphatic hydroxyl groups excluding tert-OH is 1. The van der Waals surface area contributed by atoms with Crippen LogP contribution in [-0.4, -0.2) is 105 Å². The number of fused-ring (bicyclic) bond motifs is 1. The van der Waals surface area contributed by atoms with E-state index in [2.05, 4.69) is 36.6 Å². The molecule has 4 atom stereocenters. The third-order valence-corrected chi connectivity index (χ3v) is 8.75. The minimum atomic E-state index is -0.859. The Balaban J connectivity index is 1.65. The Hall–Kier alpha value is -2.78. The molecule has 3 aliphatic rings. The van der Waals surface area contributed by atoms with Gasteiger partial charge in [0.2, 0.25) is 5.91 Å². The van der Waals surface area contributed by atoms with Crippen LogP contribution >= 0.6 is 11.3 Å². The lowest BCUT2D eigenvalue weighted by atomic mass is 9.85. The molecule has 3 aliphatic heterocycles. The molecule has 1 N–H and O–H groups in total. The van der Waals surface area contributed by atoms with Gasteiger partial charge in [-0.05, 0) is 62.0 Å². The molecule has 0 aliphatic carbocycles. The lowest BCUT2D eigenvalue weighted by Crippen LogP contribution is -2.74. The molecule has 0 saturated carbocycles. The minimum Gasteiger partial charge on any atom is -0.396 e. The van der Waals surface area contributed by atoms with E-state index in [0.717, 1.165) is 38.9 Å². The highest BCUT2D eigenvalue weighted by Gasteiger charge is 2.54. The SMILES string of the molecule is C#Cc1csc(/C=C/C(=O)N2O[C@H](CC(C)C)C(=O)N3[C@@H]2CN([C@H]2CCN(CCCCO)C2)C(=O)[C@@H]3CC(C)(C)C)n1. The topological polar surface area (TPSA) is 107 Å². The molecule has 1 aromatic rings. The molecule has 0 unspecified atom stereocenters. The van der Waals surface area contributed by atoms with Crippen molar-refractivity contribution in [3.63, 3.8) is 0 Å². The monoisotopic (exact) mass is 599 g/mol. The van der Waals surface area contributed by atoms with Gasteiger partial charge >= 0.3 is 0 Å². The minimum absolute atomic E-state index is 0.0234. The second-order valence-corrected chi connectivity index (χ2v) is 14.0. The van der Waals surface area contributed by atoms with E-state index >= 15 is 0 Å². The molecule has 3 amide bonds. The number of hydroxylamine groups is 2. The maximum absolute atomic E-state index is 14.2. The zero-order valence-electron chi connectivity index (χ0n) is 25.5. The lowest BCUT2D eigenvalue weighted by molar-refractivity contribution is -0.275. The van der Waals surface area contributed by atoms with Crippen LogP contribution in [0.4, 0.5) is 0 Å². The van der Waals surface area contributed by atoms with Crippen LogP contribution in [0.5, 0.6) is 0 Å². The van der Waals surface area contributed by atoms with Crippen molar-refractivity contribution in [1.82, 2.24) is 24.7 Å². The number of hydrogen-bond acceptors (Lipinski definition) is 8. The Labute approximate surface area is 253 Å². The predicted octanol–water partition coefficient (Wildman–Crippen LogP) is 2.97. The molecular formula is C31H45N5O5S. The smallest absolute Gasteiger partial charge is 0.272 e. The van der Waals surface area contributed by atoms with E-state index < -0.39 is 24.2 Å². The number of carbonyl (C=O) groups excluding carboxylic acids is 3. The van der Waals surface area contributed by atoms with Crippen molar-refractivity contribution >= 4 is 35.1 Å². The van der Waals surface area contributed by atoms with Crippen LogP contribution in [0.1, 0.15) is 77.4 Å². The standard InChI is InChI=1S/C31H45N5O5S/c1-7-22-20-42-26(32-22)10-11-28(38)36-27-19-34(23-12-14-33(18-23)13-8-9-15-37)29(39)24(17-31(4,5)6)35(27)30(40)25(41-36)16-21(2)3/h1,10-11,20-21,23-25,27,37H,8-9,12-19H2,2-6H3/b11-10+/t23-,24-,25+,27-/m0/s1. The Morgan fingerprint density at radius 2 is 2.02 bits per heavy atom. The molecule has 3 saturated heterocycles. The number of likely N-dealkylation sites (tertiary alicyclic amines) is 1. The second-order valence-electron chi connectivity index (χ2n) is 13.1. The number of hydrogen-bond donors (Lipinski definition) is 1. The molecule has 0 aromatic carbocycles. The van der Waals surface area contributed by atoms with Gasteiger partial charge in [-0.1, -0.05) is 34.6 Å². The number of aliphatic hydroxyl groups is 1. The summed E-state index contributed by atoms with van der Waals surface area (Å²) in [6, 6.07) is -0.723. The van der Waals surface area contributed by atoms with Gasteiger partial charge in [0.05, 0.1) is 6.54 Å². The van der Waals surface area contributed by atoms with Crippen LogP contribution in [-0.2, 0) is 19.2 Å². The number of nitrogens with zero attached hydrogens (tertiary/aromatic N) is 5. The number of amides is 3. The van der Waals surface area contributed by atoms with Gasteiger partial charge < -0.3 is 19.8 Å². The summed E-state index contributed by atoms with van der Waals surface area (Å²) in [7, 11) is 0. The normalized spacial score (nSPS) is 25.5. The fraction of sp³-hybridized carbons (Fsp3) is 0.677. The molecule has 10 nitrogen and oxygen atoms in total. The molecule has 11 heteroatoms. The zero-order chi connectivity index (χ0) is 30.6. The number of unbranched alkanes of at least 4 members (excludes halogenated alkanes) is 1. The molecule has 0 bridgehead atoms. The zero-order valence-corrected chi connectivity index (χ0v) is 26.3. The lowest BCUT2D eigenvalue weighted by Gasteiger charge is -2.54. The van der Waals surface area contributed by atoms with Crippen LogP contribution in [0.25, 0.3) is 6.08 Å². The highest BCUT2D eigenvalue weighted by Crippen LogP contribution is 2.36. The number of rotatable bonds is 10. The van der Waals surface area contributed by atoms with Gasteiger partial charge in [-0.25, -0.2) is 4.98 Å². The van der Waals surface area contributed by atoms with Gasteiger partial charge in [0.15, 0.2) is 12.3 Å². The molecule has 3 fully saturated rings. The van der Waals surface area contributed by atoms with Gasteiger partial charge in [-0.2, -0.15) is 5.06 Å². The van der Waals surface area contributed by atoms with Gasteiger partial charge in [-0.15, -0.1) is 17.8 Å². The third-order valence-electron chi connectivity index (χ3n) is 7.94. The highest BCUT2D eigenvalue weighted by molar-refractivity contribution is 7.10. The van der Waals surface area contributed by atoms with E-state index in [1.807, 2.05) is 18.7 Å². The first-order valence-electron chi connectivity index (χ1n) is 15.0. The Kier molecular flexibility index (Phi) is 10.5. The quantitative estimate of drug-likeness (QED) is 0.250. The summed E-state index contributed by atoms with van der Waals surface area (Å²) in [5, 5.41) is 12.8. The summed E-state index contributed by atoms with van der Waals surface area (Å²) in [5.41, 5.74) is 0.267. The summed E-state index contributed by atoms with van der Waals surface area (Å²) < 4.78 is 0. The molecule has 42 heavy (non-hydrogen) atoms. The molecule has 0 spiro atoms.